The van der Waals surface area contributed by atoms with Crippen molar-refractivity contribution in [3.8, 4) is 17.1 Å². The minimum Gasteiger partial charge on any atom is -0.465 e. The Morgan fingerprint density at radius 3 is 2.41 bits per heavy atom. The number of pyridine rings is 1. The van der Waals surface area contributed by atoms with Gasteiger partial charge in [0.2, 0.25) is 5.91 Å². The molecular formula is C20H25N5O4. The number of aromatic nitrogens is 3. The van der Waals surface area contributed by atoms with Gasteiger partial charge in [0.15, 0.2) is 0 Å². The number of nitrogens with zero attached hydrogens (tertiary/aromatic N) is 4. The highest BCUT2D eigenvalue weighted by atomic mass is 16.5. The Balaban J connectivity index is 1.53. The summed E-state index contributed by atoms with van der Waals surface area (Å²) in [6.45, 7) is 4.64. The number of hydrogen-bond acceptors (Lipinski definition) is 6. The first-order valence-electron chi connectivity index (χ1n) is 9.61. The van der Waals surface area contributed by atoms with E-state index >= 15 is 0 Å². The van der Waals surface area contributed by atoms with E-state index in [1.807, 2.05) is 26.0 Å². The molecule has 0 saturated carbocycles. The Labute approximate surface area is 169 Å². The van der Waals surface area contributed by atoms with E-state index in [1.165, 1.54) is 0 Å². The van der Waals surface area contributed by atoms with E-state index in [0.29, 0.717) is 31.9 Å². The van der Waals surface area contributed by atoms with Gasteiger partial charge in [0, 0.05) is 61.8 Å². The van der Waals surface area contributed by atoms with Gasteiger partial charge in [0.05, 0.1) is 0 Å². The molecule has 29 heavy (non-hydrogen) atoms. The van der Waals surface area contributed by atoms with Crippen LogP contribution in [-0.2, 0) is 4.79 Å². The second-order valence-electron chi connectivity index (χ2n) is 7.31. The van der Waals surface area contributed by atoms with Gasteiger partial charge in [-0.1, -0.05) is 19.9 Å². The SMILES string of the molecule is CC(C)[C@H](NC(=O)O)C(=O)N1CCC(Oc2ncc(-c3cccnc3)cn2)CC1. The fraction of sp³-hybridized carbons (Fsp3) is 0.450. The van der Waals surface area contributed by atoms with Crippen molar-refractivity contribution in [2.24, 2.45) is 5.92 Å². The van der Waals surface area contributed by atoms with Gasteiger partial charge in [-0.15, -0.1) is 0 Å². The number of carbonyl (C=O) groups excluding carboxylic acids is 1. The van der Waals surface area contributed by atoms with Crippen LogP contribution in [0.1, 0.15) is 26.7 Å². The van der Waals surface area contributed by atoms with Crippen molar-refractivity contribution in [1.82, 2.24) is 25.2 Å². The normalized spacial score (nSPS) is 15.8. The molecule has 0 unspecified atom stereocenters. The number of nitrogens with one attached hydrogen (secondary N) is 1. The second-order valence-corrected chi connectivity index (χ2v) is 7.31. The summed E-state index contributed by atoms with van der Waals surface area (Å²) in [5.41, 5.74) is 1.79. The van der Waals surface area contributed by atoms with E-state index in [2.05, 4.69) is 20.3 Å². The van der Waals surface area contributed by atoms with E-state index in [0.717, 1.165) is 11.1 Å². The zero-order chi connectivity index (χ0) is 20.8. The smallest absolute Gasteiger partial charge is 0.405 e. The van der Waals surface area contributed by atoms with Crippen LogP contribution in [0.5, 0.6) is 6.01 Å². The molecule has 1 saturated heterocycles. The first kappa shape index (κ1) is 20.5. The largest absolute Gasteiger partial charge is 0.465 e. The lowest BCUT2D eigenvalue weighted by Gasteiger charge is -2.34. The minimum atomic E-state index is -1.19. The highest BCUT2D eigenvalue weighted by molar-refractivity contribution is 5.85. The Morgan fingerprint density at radius 1 is 1.17 bits per heavy atom. The summed E-state index contributed by atoms with van der Waals surface area (Å²) in [6.07, 6.45) is 6.84. The van der Waals surface area contributed by atoms with Crippen LogP contribution in [0.15, 0.2) is 36.9 Å². The predicted octanol–water partition coefficient (Wildman–Crippen LogP) is 2.20. The summed E-state index contributed by atoms with van der Waals surface area (Å²) in [6, 6.07) is 3.34. The lowest BCUT2D eigenvalue weighted by atomic mass is 10.0. The molecule has 2 aromatic heterocycles. The lowest BCUT2D eigenvalue weighted by molar-refractivity contribution is -0.136. The average Bonchev–Trinajstić information content (AvgIpc) is 2.73. The van der Waals surface area contributed by atoms with E-state index in [4.69, 9.17) is 9.84 Å². The molecule has 2 N–H and O–H groups in total. The van der Waals surface area contributed by atoms with E-state index in [-0.39, 0.29) is 17.9 Å². The average molecular weight is 399 g/mol. The first-order chi connectivity index (χ1) is 13.9. The highest BCUT2D eigenvalue weighted by Crippen LogP contribution is 2.20. The molecule has 2 aromatic rings. The van der Waals surface area contributed by atoms with Crippen LogP contribution < -0.4 is 10.1 Å². The van der Waals surface area contributed by atoms with Crippen LogP contribution in [0.3, 0.4) is 0 Å². The third-order valence-corrected chi connectivity index (χ3v) is 4.86. The standard InChI is InChI=1S/C20H25N5O4/c1-13(2)17(24-20(27)28)18(26)25-8-5-16(6-9-25)29-19-22-11-15(12-23-19)14-4-3-7-21-10-14/h3-4,7,10-13,16-17,24H,5-6,8-9H2,1-2H3,(H,27,28)/t17-/m0/s1. The minimum absolute atomic E-state index is 0.0896. The fourth-order valence-electron chi connectivity index (χ4n) is 3.25. The number of ether oxygens (including phenoxy) is 1. The molecule has 9 nitrogen and oxygen atoms in total. The van der Waals surface area contributed by atoms with Crippen LogP contribution in [0, 0.1) is 5.92 Å². The second kappa shape index (κ2) is 9.31. The molecule has 0 radical (unpaired) electrons. The Hall–Kier alpha value is -3.23. The molecule has 9 heteroatoms. The molecule has 1 fully saturated rings. The fourth-order valence-corrected chi connectivity index (χ4v) is 3.25. The van der Waals surface area contributed by atoms with E-state index < -0.39 is 12.1 Å². The zero-order valence-corrected chi connectivity index (χ0v) is 16.5. The summed E-state index contributed by atoms with van der Waals surface area (Å²) in [7, 11) is 0. The Kier molecular flexibility index (Phi) is 6.58. The maximum absolute atomic E-state index is 12.6. The summed E-state index contributed by atoms with van der Waals surface area (Å²) in [5, 5.41) is 11.3. The molecule has 1 aliphatic heterocycles. The van der Waals surface area contributed by atoms with Gasteiger partial charge >= 0.3 is 12.1 Å². The molecule has 0 aliphatic carbocycles. The number of piperidine rings is 1. The highest BCUT2D eigenvalue weighted by Gasteiger charge is 2.31. The number of hydrogen-bond donors (Lipinski definition) is 2. The van der Waals surface area contributed by atoms with E-state index in [9.17, 15) is 9.59 Å². The van der Waals surface area contributed by atoms with Crippen molar-refractivity contribution < 1.29 is 19.4 Å². The van der Waals surface area contributed by atoms with Gasteiger partial charge in [0.1, 0.15) is 12.1 Å². The topological polar surface area (TPSA) is 118 Å². The first-order valence-corrected chi connectivity index (χ1v) is 9.61. The van der Waals surface area contributed by atoms with Gasteiger partial charge in [-0.3, -0.25) is 9.78 Å². The van der Waals surface area contributed by atoms with Crippen LogP contribution in [0.2, 0.25) is 0 Å². The predicted molar refractivity (Wildman–Crippen MR) is 105 cm³/mol. The van der Waals surface area contributed by atoms with Crippen molar-refractivity contribution in [2.75, 3.05) is 13.1 Å². The van der Waals surface area contributed by atoms with Crippen molar-refractivity contribution >= 4 is 12.0 Å². The molecule has 3 rings (SSSR count). The summed E-state index contributed by atoms with van der Waals surface area (Å²) in [4.78, 5) is 37.9. The van der Waals surface area contributed by atoms with Gasteiger partial charge in [-0.05, 0) is 12.0 Å². The van der Waals surface area contributed by atoms with Gasteiger partial charge < -0.3 is 20.1 Å². The van der Waals surface area contributed by atoms with Crippen molar-refractivity contribution in [3.05, 3.63) is 36.9 Å². The molecule has 1 atom stereocenters. The third kappa shape index (κ3) is 5.40. The van der Waals surface area contributed by atoms with Crippen LogP contribution >= 0.6 is 0 Å². The van der Waals surface area contributed by atoms with Gasteiger partial charge in [-0.2, -0.15) is 0 Å². The number of carboxylic acid groups (broad SMARTS) is 1. The summed E-state index contributed by atoms with van der Waals surface area (Å²) < 4.78 is 5.86. The zero-order valence-electron chi connectivity index (χ0n) is 16.5. The summed E-state index contributed by atoms with van der Waals surface area (Å²) >= 11 is 0. The summed E-state index contributed by atoms with van der Waals surface area (Å²) in [5.74, 6) is -0.322. The van der Waals surface area contributed by atoms with Crippen molar-refractivity contribution in [2.45, 2.75) is 38.8 Å². The van der Waals surface area contributed by atoms with Gasteiger partial charge in [-0.25, -0.2) is 14.8 Å². The lowest BCUT2D eigenvalue weighted by Crippen LogP contribution is -2.53. The molecule has 0 bridgehead atoms. The molecule has 2 amide bonds. The van der Waals surface area contributed by atoms with Crippen LogP contribution in [-0.4, -0.2) is 62.2 Å². The van der Waals surface area contributed by atoms with Gasteiger partial charge in [0.25, 0.3) is 0 Å². The number of rotatable bonds is 6. The third-order valence-electron chi connectivity index (χ3n) is 4.86. The van der Waals surface area contributed by atoms with Crippen LogP contribution in [0.4, 0.5) is 4.79 Å². The Morgan fingerprint density at radius 2 is 1.86 bits per heavy atom. The molecule has 1 aliphatic rings. The number of likely N-dealkylation sites (tertiary alicyclic amines) is 1. The molecular weight excluding hydrogens is 374 g/mol. The van der Waals surface area contributed by atoms with Crippen LogP contribution in [0.25, 0.3) is 11.1 Å². The molecule has 0 spiro atoms. The maximum Gasteiger partial charge on any atom is 0.405 e. The molecule has 154 valence electrons. The maximum atomic E-state index is 12.6. The van der Waals surface area contributed by atoms with Crippen molar-refractivity contribution in [3.63, 3.8) is 0 Å². The molecule has 0 aromatic carbocycles. The monoisotopic (exact) mass is 399 g/mol. The molecule has 3 heterocycles. The number of carbonyl (C=O) groups is 2. The Bertz CT molecular complexity index is 821. The van der Waals surface area contributed by atoms with Crippen molar-refractivity contribution in [1.29, 1.82) is 0 Å². The van der Waals surface area contributed by atoms with E-state index in [1.54, 1.807) is 29.7 Å². The quantitative estimate of drug-likeness (QED) is 0.764. The number of amides is 2.